The molecule has 1 aliphatic rings. The smallest absolute Gasteiger partial charge is 0.337 e. The molecule has 1 heterocycles. The number of benzene rings is 2. The van der Waals surface area contributed by atoms with E-state index in [2.05, 4.69) is 4.99 Å². The number of thioether (sulfide) groups is 1. The fourth-order valence-corrected chi connectivity index (χ4v) is 3.68. The normalized spacial score (nSPS) is 16.7. The lowest BCUT2D eigenvalue weighted by atomic mass is 10.2. The first-order valence-electron chi connectivity index (χ1n) is 8.68. The summed E-state index contributed by atoms with van der Waals surface area (Å²) in [5.74, 6) is 0.290. The molecule has 6 nitrogen and oxygen atoms in total. The van der Waals surface area contributed by atoms with E-state index in [0.29, 0.717) is 27.9 Å². The Morgan fingerprint density at radius 1 is 1.11 bits per heavy atom. The summed E-state index contributed by atoms with van der Waals surface area (Å²) in [4.78, 5) is 31.1. The molecule has 2 aromatic rings. The first kappa shape index (κ1) is 19.7. The maximum Gasteiger partial charge on any atom is 0.337 e. The summed E-state index contributed by atoms with van der Waals surface area (Å²) >= 11 is 1.33. The summed E-state index contributed by atoms with van der Waals surface area (Å²) in [6.45, 7) is 2.43. The van der Waals surface area contributed by atoms with Crippen molar-refractivity contribution in [2.75, 3.05) is 20.8 Å². The number of nitrogens with zero attached hydrogens (tertiary/aromatic N) is 2. The molecule has 1 aliphatic heterocycles. The van der Waals surface area contributed by atoms with Gasteiger partial charge in [-0.05, 0) is 66.7 Å². The minimum absolute atomic E-state index is 0.0757. The van der Waals surface area contributed by atoms with Gasteiger partial charge in [0.25, 0.3) is 5.91 Å². The van der Waals surface area contributed by atoms with Crippen molar-refractivity contribution in [1.82, 2.24) is 4.90 Å². The topological polar surface area (TPSA) is 68.2 Å². The summed E-state index contributed by atoms with van der Waals surface area (Å²) in [6, 6.07) is 14.3. The van der Waals surface area contributed by atoms with Gasteiger partial charge in [0.05, 0.1) is 30.4 Å². The number of rotatable bonds is 5. The molecule has 0 aliphatic carbocycles. The van der Waals surface area contributed by atoms with Gasteiger partial charge in [0.15, 0.2) is 5.17 Å². The molecule has 0 unspecified atom stereocenters. The Kier molecular flexibility index (Phi) is 6.16. The molecule has 7 heteroatoms. The zero-order valence-electron chi connectivity index (χ0n) is 15.8. The number of ether oxygens (including phenoxy) is 2. The zero-order chi connectivity index (χ0) is 20.1. The van der Waals surface area contributed by atoms with Crippen molar-refractivity contribution >= 4 is 40.6 Å². The van der Waals surface area contributed by atoms with E-state index < -0.39 is 5.97 Å². The zero-order valence-corrected chi connectivity index (χ0v) is 16.7. The molecular weight excluding hydrogens is 376 g/mol. The van der Waals surface area contributed by atoms with Crippen molar-refractivity contribution in [2.24, 2.45) is 4.99 Å². The van der Waals surface area contributed by atoms with Crippen LogP contribution in [0.25, 0.3) is 6.08 Å². The highest BCUT2D eigenvalue weighted by Gasteiger charge is 2.32. The number of carbonyl (C=O) groups is 2. The summed E-state index contributed by atoms with van der Waals surface area (Å²) in [6.07, 6.45) is 1.85. The Labute approximate surface area is 167 Å². The van der Waals surface area contributed by atoms with Crippen LogP contribution < -0.4 is 4.74 Å². The monoisotopic (exact) mass is 396 g/mol. The van der Waals surface area contributed by atoms with Crippen molar-refractivity contribution in [2.45, 2.75) is 6.92 Å². The Morgan fingerprint density at radius 2 is 1.79 bits per heavy atom. The lowest BCUT2D eigenvalue weighted by molar-refractivity contribution is -0.122. The Morgan fingerprint density at radius 3 is 2.36 bits per heavy atom. The molecule has 144 valence electrons. The molecule has 0 spiro atoms. The highest BCUT2D eigenvalue weighted by molar-refractivity contribution is 8.18. The van der Waals surface area contributed by atoms with E-state index in [4.69, 9.17) is 9.47 Å². The van der Waals surface area contributed by atoms with E-state index in [1.165, 1.54) is 18.9 Å². The predicted octanol–water partition coefficient (Wildman–Crippen LogP) is 4.11. The van der Waals surface area contributed by atoms with E-state index in [9.17, 15) is 9.59 Å². The summed E-state index contributed by atoms with van der Waals surface area (Å²) in [5, 5.41) is 0.609. The second-order valence-corrected chi connectivity index (χ2v) is 6.88. The average Bonchev–Trinajstić information content (AvgIpc) is 3.02. The molecule has 0 bridgehead atoms. The van der Waals surface area contributed by atoms with Gasteiger partial charge in [-0.1, -0.05) is 12.1 Å². The molecule has 1 saturated heterocycles. The molecule has 3 rings (SSSR count). The lowest BCUT2D eigenvalue weighted by Crippen LogP contribution is -2.28. The van der Waals surface area contributed by atoms with Crippen LogP contribution in [0.3, 0.4) is 0 Å². The third kappa shape index (κ3) is 4.26. The molecule has 0 N–H and O–H groups in total. The molecule has 0 radical (unpaired) electrons. The number of aliphatic imine (C=N–C) groups is 1. The quantitative estimate of drug-likeness (QED) is 0.562. The van der Waals surface area contributed by atoms with E-state index in [-0.39, 0.29) is 5.91 Å². The molecule has 1 fully saturated rings. The number of methoxy groups -OCH3 is 2. The van der Waals surface area contributed by atoms with Crippen molar-refractivity contribution in [3.8, 4) is 5.75 Å². The third-order valence-corrected chi connectivity index (χ3v) is 5.14. The van der Waals surface area contributed by atoms with Crippen molar-refractivity contribution < 1.29 is 19.1 Å². The van der Waals surface area contributed by atoms with E-state index in [1.54, 1.807) is 36.3 Å². The van der Waals surface area contributed by atoms with Gasteiger partial charge in [0, 0.05) is 6.54 Å². The molecule has 0 saturated carbocycles. The number of amides is 1. The highest BCUT2D eigenvalue weighted by atomic mass is 32.2. The molecule has 1 amide bonds. The number of hydrogen-bond acceptors (Lipinski definition) is 6. The van der Waals surface area contributed by atoms with Crippen LogP contribution in [-0.2, 0) is 9.53 Å². The van der Waals surface area contributed by atoms with Gasteiger partial charge >= 0.3 is 5.97 Å². The Balaban J connectivity index is 1.85. The van der Waals surface area contributed by atoms with Crippen molar-refractivity contribution in [3.05, 3.63) is 64.6 Å². The van der Waals surface area contributed by atoms with Gasteiger partial charge < -0.3 is 9.47 Å². The minimum atomic E-state index is -0.399. The van der Waals surface area contributed by atoms with Gasteiger partial charge in [0.2, 0.25) is 0 Å². The van der Waals surface area contributed by atoms with Crippen LogP contribution in [0.1, 0.15) is 22.8 Å². The number of hydrogen-bond donors (Lipinski definition) is 0. The van der Waals surface area contributed by atoms with Gasteiger partial charge in [0.1, 0.15) is 5.75 Å². The maximum absolute atomic E-state index is 12.7. The van der Waals surface area contributed by atoms with Crippen LogP contribution in [0.4, 0.5) is 5.69 Å². The largest absolute Gasteiger partial charge is 0.497 e. The van der Waals surface area contributed by atoms with Crippen LogP contribution in [0.15, 0.2) is 58.4 Å². The predicted molar refractivity (Wildman–Crippen MR) is 111 cm³/mol. The first-order valence-corrected chi connectivity index (χ1v) is 9.50. The third-order valence-electron chi connectivity index (χ3n) is 4.13. The number of likely N-dealkylation sites (N-methyl/N-ethyl adjacent to an activating group) is 1. The van der Waals surface area contributed by atoms with E-state index in [0.717, 1.165) is 11.3 Å². The van der Waals surface area contributed by atoms with Gasteiger partial charge in [-0.2, -0.15) is 0 Å². The maximum atomic E-state index is 12.7. The fourth-order valence-electron chi connectivity index (χ4n) is 2.62. The summed E-state index contributed by atoms with van der Waals surface area (Å²) in [5.41, 5.74) is 2.03. The van der Waals surface area contributed by atoms with E-state index >= 15 is 0 Å². The Hall–Kier alpha value is -3.06. The van der Waals surface area contributed by atoms with Crippen LogP contribution in [0.5, 0.6) is 5.75 Å². The molecule has 2 aromatic carbocycles. The van der Waals surface area contributed by atoms with Gasteiger partial charge in [-0.3, -0.25) is 9.69 Å². The van der Waals surface area contributed by atoms with Crippen LogP contribution >= 0.6 is 11.8 Å². The van der Waals surface area contributed by atoms with E-state index in [1.807, 2.05) is 37.3 Å². The minimum Gasteiger partial charge on any atom is -0.497 e. The fraction of sp³-hybridized carbons (Fsp3) is 0.190. The standard InChI is InChI=1S/C21H20N2O4S/c1-4-23-19(24)18(13-14-5-11-17(26-2)12-6-14)28-21(23)22-16-9-7-15(8-10-16)20(25)27-3/h5-13H,4H2,1-3H3. The average molecular weight is 396 g/mol. The van der Waals surface area contributed by atoms with Gasteiger partial charge in [-0.25, -0.2) is 9.79 Å². The second-order valence-electron chi connectivity index (χ2n) is 5.87. The highest BCUT2D eigenvalue weighted by Crippen LogP contribution is 2.34. The summed E-state index contributed by atoms with van der Waals surface area (Å²) < 4.78 is 9.86. The van der Waals surface area contributed by atoms with Crippen LogP contribution in [-0.4, -0.2) is 42.7 Å². The molecular formula is C21H20N2O4S. The summed E-state index contributed by atoms with van der Waals surface area (Å²) in [7, 11) is 2.95. The number of esters is 1. The number of carbonyl (C=O) groups excluding carboxylic acids is 2. The van der Waals surface area contributed by atoms with Crippen molar-refractivity contribution in [1.29, 1.82) is 0 Å². The first-order chi connectivity index (χ1) is 13.5. The SMILES string of the molecule is CCN1C(=O)C(=Cc2ccc(OC)cc2)SC1=Nc1ccc(C(=O)OC)cc1. The van der Waals surface area contributed by atoms with Gasteiger partial charge in [-0.15, -0.1) is 0 Å². The lowest BCUT2D eigenvalue weighted by Gasteiger charge is -2.12. The second kappa shape index (κ2) is 8.75. The van der Waals surface area contributed by atoms with Crippen LogP contribution in [0.2, 0.25) is 0 Å². The molecule has 0 aromatic heterocycles. The molecule has 28 heavy (non-hydrogen) atoms. The van der Waals surface area contributed by atoms with Crippen LogP contribution in [0, 0.1) is 0 Å². The number of amidine groups is 1. The Bertz CT molecular complexity index is 934. The molecule has 0 atom stereocenters. The van der Waals surface area contributed by atoms with Crippen molar-refractivity contribution in [3.63, 3.8) is 0 Å².